The summed E-state index contributed by atoms with van der Waals surface area (Å²) in [6.07, 6.45) is 5.55. The first-order valence-electron chi connectivity index (χ1n) is 14.2. The van der Waals surface area contributed by atoms with Gasteiger partial charge in [-0.15, -0.1) is 0 Å². The summed E-state index contributed by atoms with van der Waals surface area (Å²) in [5.74, 6) is 0.278. The molecule has 1 saturated heterocycles. The van der Waals surface area contributed by atoms with Crippen LogP contribution in [-0.2, 0) is 15.8 Å². The standard InChI is InChI=1S/C34H44N2O2/c1-33(2,3)27-18-20-31(21-19-27)35-32(37)17-11-6-12-24-36-25-22-30(23-26-36)34(38,28-13-7-4-8-14-28)29-15-9-5-10-16-29/h4-5,7-10,13-16,18-21,30,38H,6,11-12,17,22-26H2,1-3H3,(H,35,37). The van der Waals surface area contributed by atoms with Crippen LogP contribution in [0.1, 0.15) is 76.0 Å². The van der Waals surface area contributed by atoms with Gasteiger partial charge in [0.1, 0.15) is 5.60 Å². The Balaban J connectivity index is 1.19. The molecule has 0 aliphatic carbocycles. The van der Waals surface area contributed by atoms with Crippen LogP contribution in [-0.4, -0.2) is 35.5 Å². The molecule has 202 valence electrons. The molecule has 0 aromatic heterocycles. The van der Waals surface area contributed by atoms with E-state index in [4.69, 9.17) is 0 Å². The Morgan fingerprint density at radius 1 is 0.789 bits per heavy atom. The van der Waals surface area contributed by atoms with Gasteiger partial charge in [0.05, 0.1) is 0 Å². The van der Waals surface area contributed by atoms with E-state index in [-0.39, 0.29) is 17.2 Å². The van der Waals surface area contributed by atoms with Crippen LogP contribution < -0.4 is 5.32 Å². The van der Waals surface area contributed by atoms with Crippen LogP contribution in [0.2, 0.25) is 0 Å². The summed E-state index contributed by atoms with van der Waals surface area (Å²) in [6, 6.07) is 28.5. The Bertz CT molecular complexity index is 1090. The molecular formula is C34H44N2O2. The lowest BCUT2D eigenvalue weighted by Crippen LogP contribution is -2.44. The summed E-state index contributed by atoms with van der Waals surface area (Å²) >= 11 is 0. The zero-order valence-corrected chi connectivity index (χ0v) is 23.3. The molecule has 3 aromatic rings. The molecule has 3 aromatic carbocycles. The lowest BCUT2D eigenvalue weighted by molar-refractivity contribution is -0.116. The van der Waals surface area contributed by atoms with E-state index in [1.165, 1.54) is 5.56 Å². The van der Waals surface area contributed by atoms with Gasteiger partial charge in [-0.2, -0.15) is 0 Å². The summed E-state index contributed by atoms with van der Waals surface area (Å²) in [5, 5.41) is 15.1. The summed E-state index contributed by atoms with van der Waals surface area (Å²) in [7, 11) is 0. The molecule has 0 bridgehead atoms. The van der Waals surface area contributed by atoms with Crippen LogP contribution in [0.5, 0.6) is 0 Å². The molecule has 1 heterocycles. The van der Waals surface area contributed by atoms with Crippen molar-refractivity contribution in [3.63, 3.8) is 0 Å². The maximum Gasteiger partial charge on any atom is 0.224 e. The summed E-state index contributed by atoms with van der Waals surface area (Å²) < 4.78 is 0. The number of carbonyl (C=O) groups is 1. The maximum atomic E-state index is 12.4. The predicted molar refractivity (Wildman–Crippen MR) is 157 cm³/mol. The molecule has 0 saturated carbocycles. The molecule has 4 nitrogen and oxygen atoms in total. The molecule has 4 rings (SSSR count). The number of aliphatic hydroxyl groups is 1. The second-order valence-corrected chi connectivity index (χ2v) is 11.8. The van der Waals surface area contributed by atoms with Crippen molar-refractivity contribution < 1.29 is 9.90 Å². The van der Waals surface area contributed by atoms with Crippen LogP contribution in [0.15, 0.2) is 84.9 Å². The van der Waals surface area contributed by atoms with Gasteiger partial charge in [-0.25, -0.2) is 0 Å². The van der Waals surface area contributed by atoms with E-state index in [1.54, 1.807) is 0 Å². The number of benzene rings is 3. The molecule has 2 N–H and O–H groups in total. The van der Waals surface area contributed by atoms with Crippen molar-refractivity contribution >= 4 is 11.6 Å². The van der Waals surface area contributed by atoms with E-state index < -0.39 is 5.60 Å². The number of anilines is 1. The molecule has 0 atom stereocenters. The zero-order chi connectivity index (χ0) is 27.0. The van der Waals surface area contributed by atoms with Crippen molar-refractivity contribution in [2.24, 2.45) is 5.92 Å². The second kappa shape index (κ2) is 12.7. The minimum Gasteiger partial charge on any atom is -0.380 e. The Labute approximate surface area is 229 Å². The molecule has 0 spiro atoms. The lowest BCUT2D eigenvalue weighted by atomic mass is 9.72. The van der Waals surface area contributed by atoms with E-state index in [2.05, 4.69) is 67.4 Å². The van der Waals surface area contributed by atoms with Crippen LogP contribution in [0.4, 0.5) is 5.69 Å². The van der Waals surface area contributed by atoms with Gasteiger partial charge in [0.25, 0.3) is 0 Å². The Morgan fingerprint density at radius 2 is 1.34 bits per heavy atom. The normalized spacial score (nSPS) is 15.4. The van der Waals surface area contributed by atoms with E-state index in [9.17, 15) is 9.90 Å². The van der Waals surface area contributed by atoms with Crippen molar-refractivity contribution in [1.82, 2.24) is 4.90 Å². The first-order valence-corrected chi connectivity index (χ1v) is 14.2. The van der Waals surface area contributed by atoms with Crippen LogP contribution in [0, 0.1) is 5.92 Å². The summed E-state index contributed by atoms with van der Waals surface area (Å²) in [6.45, 7) is 9.63. The van der Waals surface area contributed by atoms with E-state index in [1.807, 2.05) is 48.5 Å². The zero-order valence-electron chi connectivity index (χ0n) is 23.3. The first kappa shape index (κ1) is 28.1. The highest BCUT2D eigenvalue weighted by Crippen LogP contribution is 2.41. The molecule has 38 heavy (non-hydrogen) atoms. The molecule has 4 heteroatoms. The van der Waals surface area contributed by atoms with Gasteiger partial charge in [-0.05, 0) is 85.5 Å². The highest BCUT2D eigenvalue weighted by atomic mass is 16.3. The number of amides is 1. The Morgan fingerprint density at radius 3 is 1.87 bits per heavy atom. The molecular weight excluding hydrogens is 468 g/mol. The largest absolute Gasteiger partial charge is 0.380 e. The first-order chi connectivity index (χ1) is 18.3. The third kappa shape index (κ3) is 7.12. The molecule has 1 amide bonds. The van der Waals surface area contributed by atoms with Gasteiger partial charge in [-0.1, -0.05) is 100.0 Å². The number of piperidine rings is 1. The highest BCUT2D eigenvalue weighted by Gasteiger charge is 2.41. The van der Waals surface area contributed by atoms with E-state index in [0.717, 1.165) is 68.6 Å². The van der Waals surface area contributed by atoms with Gasteiger partial charge in [-0.3, -0.25) is 4.79 Å². The smallest absolute Gasteiger partial charge is 0.224 e. The number of rotatable bonds is 10. The Hall–Kier alpha value is -2.95. The number of nitrogens with zero attached hydrogens (tertiary/aromatic N) is 1. The van der Waals surface area contributed by atoms with Crippen molar-refractivity contribution in [3.05, 3.63) is 102 Å². The van der Waals surface area contributed by atoms with Crippen molar-refractivity contribution in [1.29, 1.82) is 0 Å². The monoisotopic (exact) mass is 512 g/mol. The van der Waals surface area contributed by atoms with Gasteiger partial charge in [0.15, 0.2) is 0 Å². The number of unbranched alkanes of at least 4 members (excludes halogenated alkanes) is 2. The maximum absolute atomic E-state index is 12.4. The van der Waals surface area contributed by atoms with Gasteiger partial charge in [0, 0.05) is 12.1 Å². The third-order valence-corrected chi connectivity index (χ3v) is 8.02. The molecule has 1 aliphatic heterocycles. The molecule has 0 unspecified atom stereocenters. The van der Waals surface area contributed by atoms with Crippen molar-refractivity contribution in [2.45, 2.75) is 70.3 Å². The fourth-order valence-electron chi connectivity index (χ4n) is 5.67. The number of nitrogens with one attached hydrogen (secondary N) is 1. The van der Waals surface area contributed by atoms with Crippen LogP contribution in [0.25, 0.3) is 0 Å². The Kier molecular flexibility index (Phi) is 9.40. The van der Waals surface area contributed by atoms with Crippen molar-refractivity contribution in [2.75, 3.05) is 25.0 Å². The number of likely N-dealkylation sites (tertiary alicyclic amines) is 1. The van der Waals surface area contributed by atoms with Gasteiger partial charge >= 0.3 is 0 Å². The summed E-state index contributed by atoms with van der Waals surface area (Å²) in [4.78, 5) is 14.9. The minimum atomic E-state index is -0.963. The fourth-order valence-corrected chi connectivity index (χ4v) is 5.67. The quantitative estimate of drug-likeness (QED) is 0.284. The number of hydrogen-bond acceptors (Lipinski definition) is 3. The average Bonchev–Trinajstić information content (AvgIpc) is 2.93. The van der Waals surface area contributed by atoms with Gasteiger partial charge in [0.2, 0.25) is 5.91 Å². The number of carbonyl (C=O) groups excluding carboxylic acids is 1. The lowest BCUT2D eigenvalue weighted by Gasteiger charge is -2.42. The minimum absolute atomic E-state index is 0.0930. The van der Waals surface area contributed by atoms with Crippen molar-refractivity contribution in [3.8, 4) is 0 Å². The number of hydrogen-bond donors (Lipinski definition) is 2. The SMILES string of the molecule is CC(C)(C)c1ccc(NC(=O)CCCCCN2CCC(C(O)(c3ccccc3)c3ccccc3)CC2)cc1. The van der Waals surface area contributed by atoms with Crippen LogP contribution in [0.3, 0.4) is 0 Å². The summed E-state index contributed by atoms with van der Waals surface area (Å²) in [5.41, 5.74) is 3.25. The van der Waals surface area contributed by atoms with Crippen LogP contribution >= 0.6 is 0 Å². The third-order valence-electron chi connectivity index (χ3n) is 8.02. The average molecular weight is 513 g/mol. The molecule has 0 radical (unpaired) electrons. The van der Waals surface area contributed by atoms with Gasteiger partial charge < -0.3 is 15.3 Å². The molecule has 1 fully saturated rings. The second-order valence-electron chi connectivity index (χ2n) is 11.8. The van der Waals surface area contributed by atoms with E-state index >= 15 is 0 Å². The molecule has 1 aliphatic rings. The topological polar surface area (TPSA) is 52.6 Å². The predicted octanol–water partition coefficient (Wildman–Crippen LogP) is 7.13. The highest BCUT2D eigenvalue weighted by molar-refractivity contribution is 5.90. The fraction of sp³-hybridized carbons (Fsp3) is 0.441. The van der Waals surface area contributed by atoms with E-state index in [0.29, 0.717) is 6.42 Å².